The number of nitrogens with one attached hydrogen (secondary N) is 3. The highest BCUT2D eigenvalue weighted by molar-refractivity contribution is 6.26. The van der Waals surface area contributed by atoms with Gasteiger partial charge in [0.25, 0.3) is 17.9 Å². The minimum absolute atomic E-state index is 0.0315. The average Bonchev–Trinajstić information content (AvgIpc) is 2.98. The Morgan fingerprint density at radius 1 is 0.814 bits per heavy atom. The van der Waals surface area contributed by atoms with E-state index >= 15 is 4.39 Å². The maximum atomic E-state index is 15.1. The van der Waals surface area contributed by atoms with Gasteiger partial charge in [0.1, 0.15) is 17.1 Å². The lowest BCUT2D eigenvalue weighted by atomic mass is 10.1. The number of pyridine rings is 1. The fourth-order valence-electron chi connectivity index (χ4n) is 3.78. The Morgan fingerprint density at radius 2 is 1.47 bits per heavy atom. The number of hydrogen-bond acceptors (Lipinski definition) is 7. The van der Waals surface area contributed by atoms with Crippen LogP contribution in [-0.2, 0) is 9.59 Å². The van der Waals surface area contributed by atoms with Crippen LogP contribution in [0.3, 0.4) is 0 Å². The average molecular weight is 597 g/mol. The molecule has 0 saturated carbocycles. The minimum Gasteiger partial charge on any atom is -0.493 e. The van der Waals surface area contributed by atoms with Crippen molar-refractivity contribution in [2.24, 2.45) is 0 Å². The van der Waals surface area contributed by atoms with Gasteiger partial charge >= 0.3 is 0 Å². The van der Waals surface area contributed by atoms with E-state index in [0.29, 0.717) is 28.5 Å². The summed E-state index contributed by atoms with van der Waals surface area (Å²) in [5, 5.41) is 7.74. The first-order chi connectivity index (χ1) is 20.7. The largest absolute Gasteiger partial charge is 0.493 e. The number of carbonyl (C=O) groups is 2. The first-order valence-corrected chi connectivity index (χ1v) is 12.5. The van der Waals surface area contributed by atoms with Gasteiger partial charge in [0.05, 0.1) is 19.7 Å². The summed E-state index contributed by atoms with van der Waals surface area (Å²) in [5.74, 6) is -2.33. The number of rotatable bonds is 11. The van der Waals surface area contributed by atoms with E-state index in [2.05, 4.69) is 20.9 Å². The number of nitrogens with zero attached hydrogens (tertiary/aromatic N) is 1. The molecule has 3 N–H and O–H groups in total. The van der Waals surface area contributed by atoms with Gasteiger partial charge in [-0.15, -0.1) is 0 Å². The van der Waals surface area contributed by atoms with E-state index in [1.807, 2.05) is 0 Å². The zero-order valence-corrected chi connectivity index (χ0v) is 22.7. The normalized spacial score (nSPS) is 11.0. The molecule has 0 atom stereocenters. The molecule has 4 aromatic rings. The van der Waals surface area contributed by atoms with Crippen molar-refractivity contribution in [3.8, 4) is 23.0 Å². The first-order valence-electron chi connectivity index (χ1n) is 12.5. The maximum Gasteiger partial charge on any atom is 0.268 e. The lowest BCUT2D eigenvalue weighted by Gasteiger charge is -2.14. The van der Waals surface area contributed by atoms with E-state index in [-0.39, 0.29) is 29.4 Å². The van der Waals surface area contributed by atoms with Crippen molar-refractivity contribution in [2.45, 2.75) is 0 Å². The van der Waals surface area contributed by atoms with E-state index in [4.69, 9.17) is 14.2 Å². The minimum atomic E-state index is -1.96. The van der Waals surface area contributed by atoms with Gasteiger partial charge in [0.15, 0.2) is 23.1 Å². The quantitative estimate of drug-likeness (QED) is 0.0626. The summed E-state index contributed by atoms with van der Waals surface area (Å²) in [7, 11) is 2.95. The van der Waals surface area contributed by atoms with Crippen molar-refractivity contribution in [3.05, 3.63) is 102 Å². The number of fused-ring (bicyclic) bond motifs is 1. The lowest BCUT2D eigenvalue weighted by molar-refractivity contribution is -0.118. The summed E-state index contributed by atoms with van der Waals surface area (Å²) in [6, 6.07) is 13.1. The number of benzene rings is 3. The number of hydrogen-bond donors (Lipinski definition) is 3. The van der Waals surface area contributed by atoms with E-state index in [1.165, 1.54) is 50.7 Å². The second-order valence-electron chi connectivity index (χ2n) is 8.66. The summed E-state index contributed by atoms with van der Waals surface area (Å²) in [6.45, 7) is -0.383. The number of amides is 2. The van der Waals surface area contributed by atoms with Gasteiger partial charge in [-0.25, -0.2) is 8.78 Å². The van der Waals surface area contributed by atoms with Crippen LogP contribution >= 0.6 is 0 Å². The molecule has 0 aliphatic rings. The second-order valence-corrected chi connectivity index (χ2v) is 8.66. The molecule has 1 heterocycles. The lowest BCUT2D eigenvalue weighted by Crippen LogP contribution is -2.27. The molecule has 2 amide bonds. The fourth-order valence-corrected chi connectivity index (χ4v) is 3.78. The van der Waals surface area contributed by atoms with Crippen LogP contribution in [0, 0.1) is 11.6 Å². The Bertz CT molecular complexity index is 1710. The van der Waals surface area contributed by atoms with Gasteiger partial charge in [0.2, 0.25) is 0 Å². The van der Waals surface area contributed by atoms with E-state index in [0.717, 1.165) is 24.4 Å². The third kappa shape index (κ3) is 7.79. The molecule has 0 aliphatic carbocycles. The fraction of sp³-hybridized carbons (Fsp3) is 0.100. The Labute approximate surface area is 242 Å². The summed E-state index contributed by atoms with van der Waals surface area (Å²) in [4.78, 5) is 30.1. The van der Waals surface area contributed by atoms with E-state index < -0.39 is 35.1 Å². The van der Waals surface area contributed by atoms with Crippen molar-refractivity contribution in [1.29, 1.82) is 0 Å². The first kappa shape index (κ1) is 30.4. The molecule has 3 aromatic carbocycles. The molecule has 0 bridgehead atoms. The van der Waals surface area contributed by atoms with Crippen molar-refractivity contribution in [1.82, 2.24) is 10.3 Å². The Balaban J connectivity index is 1.54. The number of halogens is 4. The van der Waals surface area contributed by atoms with Gasteiger partial charge in [-0.05, 0) is 48.5 Å². The molecule has 0 saturated heterocycles. The molecule has 4 rings (SSSR count). The number of anilines is 2. The van der Waals surface area contributed by atoms with Gasteiger partial charge in [-0.1, -0.05) is 0 Å². The van der Waals surface area contributed by atoms with Crippen molar-refractivity contribution < 1.29 is 41.4 Å². The number of ether oxygens (including phenoxy) is 3. The predicted octanol–water partition coefficient (Wildman–Crippen LogP) is 6.15. The van der Waals surface area contributed by atoms with Crippen LogP contribution in [0.15, 0.2) is 90.8 Å². The summed E-state index contributed by atoms with van der Waals surface area (Å²) in [6.07, 6.45) is 0.988. The second kappa shape index (κ2) is 13.9. The van der Waals surface area contributed by atoms with Crippen LogP contribution in [0.5, 0.6) is 23.0 Å². The zero-order valence-electron chi connectivity index (χ0n) is 22.7. The van der Waals surface area contributed by atoms with Crippen LogP contribution in [0.2, 0.25) is 0 Å². The third-order valence-corrected chi connectivity index (χ3v) is 5.83. The van der Waals surface area contributed by atoms with Gasteiger partial charge in [-0.3, -0.25) is 14.6 Å². The van der Waals surface area contributed by atoms with Gasteiger partial charge < -0.3 is 30.2 Å². The standard InChI is InChI=1S/C30H24F4N4O5/c1-41-26-14-20-23(15-27(26)42-2)36-12-9-24(20)43-25-8-7-19(13-22(25)32)38-30(40)21(16-35-11-10-28(33)34)29(39)37-18-5-3-17(31)4-6-18/h3-10,12-16,35H,11H2,1-2H3,(H,37,39)(H,38,40)/b21-16+. The van der Waals surface area contributed by atoms with Crippen molar-refractivity contribution in [3.63, 3.8) is 0 Å². The zero-order chi connectivity index (χ0) is 30.9. The van der Waals surface area contributed by atoms with E-state index in [1.54, 1.807) is 12.1 Å². The Kier molecular flexibility index (Phi) is 9.78. The highest BCUT2D eigenvalue weighted by Crippen LogP contribution is 2.37. The Morgan fingerprint density at radius 3 is 2.12 bits per heavy atom. The van der Waals surface area contributed by atoms with Gasteiger partial charge in [-0.2, -0.15) is 8.78 Å². The molecule has 0 spiro atoms. The molecule has 0 unspecified atom stereocenters. The van der Waals surface area contributed by atoms with Gasteiger partial charge in [0, 0.05) is 53.9 Å². The summed E-state index contributed by atoms with van der Waals surface area (Å²) < 4.78 is 69.5. The summed E-state index contributed by atoms with van der Waals surface area (Å²) >= 11 is 0. The molecule has 43 heavy (non-hydrogen) atoms. The molecule has 0 aliphatic heterocycles. The van der Waals surface area contributed by atoms with E-state index in [9.17, 15) is 22.8 Å². The van der Waals surface area contributed by atoms with Crippen molar-refractivity contribution in [2.75, 3.05) is 31.4 Å². The third-order valence-electron chi connectivity index (χ3n) is 5.83. The molecular formula is C30H24F4N4O5. The molecular weight excluding hydrogens is 572 g/mol. The van der Waals surface area contributed by atoms with Crippen LogP contribution in [0.4, 0.5) is 28.9 Å². The topological polar surface area (TPSA) is 111 Å². The summed E-state index contributed by atoms with van der Waals surface area (Å²) in [5.41, 5.74) is 0.129. The molecule has 0 radical (unpaired) electrons. The smallest absolute Gasteiger partial charge is 0.268 e. The van der Waals surface area contributed by atoms with Crippen LogP contribution in [-0.4, -0.2) is 37.6 Å². The Hall–Kier alpha value is -5.59. The van der Waals surface area contributed by atoms with Crippen LogP contribution < -0.4 is 30.2 Å². The number of methoxy groups -OCH3 is 2. The molecule has 1 aromatic heterocycles. The maximum absolute atomic E-state index is 15.1. The van der Waals surface area contributed by atoms with Crippen LogP contribution in [0.25, 0.3) is 10.9 Å². The highest BCUT2D eigenvalue weighted by Gasteiger charge is 2.20. The molecule has 222 valence electrons. The van der Waals surface area contributed by atoms with Crippen LogP contribution in [0.1, 0.15) is 0 Å². The number of aromatic nitrogens is 1. The highest BCUT2D eigenvalue weighted by atomic mass is 19.3. The molecule has 0 fully saturated rings. The SMILES string of the molecule is COc1cc2nccc(Oc3ccc(NC(=O)/C(=C/NCC=C(F)F)C(=O)Nc4ccc(F)cc4)cc3F)c2cc1OC. The molecule has 13 heteroatoms. The number of carbonyl (C=O) groups excluding carboxylic acids is 2. The predicted molar refractivity (Wildman–Crippen MR) is 151 cm³/mol. The molecule has 9 nitrogen and oxygen atoms in total. The monoisotopic (exact) mass is 596 g/mol. The van der Waals surface area contributed by atoms with Crippen molar-refractivity contribution >= 4 is 34.1 Å².